The fourth-order valence-electron chi connectivity index (χ4n) is 5.25. The predicted molar refractivity (Wildman–Crippen MR) is 163 cm³/mol. The van der Waals surface area contributed by atoms with Gasteiger partial charge < -0.3 is 4.90 Å². The minimum Gasteiger partial charge on any atom is -0.369 e. The molecule has 9 heteroatoms. The first-order valence-electron chi connectivity index (χ1n) is 13.1. The van der Waals surface area contributed by atoms with Crippen molar-refractivity contribution in [3.8, 4) is 11.4 Å². The number of nitrogens with one attached hydrogen (secondary N) is 2. The molecule has 5 aromatic rings. The molecular weight excluding hydrogens is 545 g/mol. The van der Waals surface area contributed by atoms with E-state index in [-0.39, 0.29) is 11.1 Å². The molecule has 5 rings (SSSR count). The maximum absolute atomic E-state index is 14.0. The molecule has 0 amide bonds. The van der Waals surface area contributed by atoms with Crippen molar-refractivity contribution in [1.82, 2.24) is 19.6 Å². The molecule has 0 saturated carbocycles. The number of anilines is 1. The molecule has 3 aromatic carbocycles. The first kappa shape index (κ1) is 27.6. The zero-order valence-electron chi connectivity index (χ0n) is 22.4. The standard InChI is InChI=1S/C31H31Cl2N5O2/c1-21-27(30(39)37(34-21)25-9-5-3-6-10-25)29(23-13-15-24(16-14-23)36(19-17-32)20-18-33)28-22(2)35-38(31(28)40)26-11-7-4-8-12-26/h3-16,29,34-35H,17-20H2,1-2H3. The van der Waals surface area contributed by atoms with Crippen molar-refractivity contribution in [3.63, 3.8) is 0 Å². The van der Waals surface area contributed by atoms with Crippen molar-refractivity contribution in [2.75, 3.05) is 29.7 Å². The lowest BCUT2D eigenvalue weighted by Crippen LogP contribution is -2.28. The van der Waals surface area contributed by atoms with Crippen molar-refractivity contribution < 1.29 is 0 Å². The van der Waals surface area contributed by atoms with Crippen molar-refractivity contribution in [2.24, 2.45) is 0 Å². The van der Waals surface area contributed by atoms with E-state index in [2.05, 4.69) is 15.1 Å². The van der Waals surface area contributed by atoms with Crippen LogP contribution < -0.4 is 16.0 Å². The maximum Gasteiger partial charge on any atom is 0.275 e. The van der Waals surface area contributed by atoms with Crippen molar-refractivity contribution in [1.29, 1.82) is 0 Å². The van der Waals surface area contributed by atoms with Gasteiger partial charge in [-0.3, -0.25) is 19.8 Å². The van der Waals surface area contributed by atoms with Gasteiger partial charge in [0.2, 0.25) is 0 Å². The molecule has 0 aliphatic heterocycles. The summed E-state index contributed by atoms with van der Waals surface area (Å²) in [4.78, 5) is 30.1. The number of aryl methyl sites for hydroxylation is 2. The molecule has 0 radical (unpaired) electrons. The van der Waals surface area contributed by atoms with E-state index in [0.29, 0.717) is 47.4 Å². The van der Waals surface area contributed by atoms with Crippen LogP contribution in [0.1, 0.15) is 34.0 Å². The number of aromatic nitrogens is 4. The van der Waals surface area contributed by atoms with Gasteiger partial charge in [-0.25, -0.2) is 9.36 Å². The molecule has 0 unspecified atom stereocenters. The Bertz CT molecular complexity index is 1580. The van der Waals surface area contributed by atoms with Gasteiger partial charge in [0, 0.05) is 47.8 Å². The Morgan fingerprint density at radius 3 is 1.50 bits per heavy atom. The van der Waals surface area contributed by atoms with E-state index in [4.69, 9.17) is 23.2 Å². The second-order valence-corrected chi connectivity index (χ2v) is 10.4. The summed E-state index contributed by atoms with van der Waals surface area (Å²) in [6.45, 7) is 5.07. The van der Waals surface area contributed by atoms with Gasteiger partial charge in [0.05, 0.1) is 22.5 Å². The quantitative estimate of drug-likeness (QED) is 0.209. The molecule has 0 saturated heterocycles. The highest BCUT2D eigenvalue weighted by molar-refractivity contribution is 6.18. The number of hydrogen-bond acceptors (Lipinski definition) is 3. The van der Waals surface area contributed by atoms with Gasteiger partial charge in [-0.05, 0) is 55.8 Å². The van der Waals surface area contributed by atoms with Crippen LogP contribution in [-0.4, -0.2) is 44.4 Å². The average molecular weight is 577 g/mol. The predicted octanol–water partition coefficient (Wildman–Crippen LogP) is 5.73. The third kappa shape index (κ3) is 5.27. The van der Waals surface area contributed by atoms with E-state index in [1.54, 1.807) is 0 Å². The van der Waals surface area contributed by atoms with Crippen molar-refractivity contribution >= 4 is 28.9 Å². The number of benzene rings is 3. The lowest BCUT2D eigenvalue weighted by atomic mass is 9.85. The lowest BCUT2D eigenvalue weighted by Gasteiger charge is -2.24. The smallest absolute Gasteiger partial charge is 0.275 e. The van der Waals surface area contributed by atoms with Crippen LogP contribution in [0.25, 0.3) is 11.4 Å². The summed E-state index contributed by atoms with van der Waals surface area (Å²) in [7, 11) is 0. The SMILES string of the molecule is Cc1[nH]n(-c2ccccc2)c(=O)c1C(c1ccc(N(CCCl)CCCl)cc1)c1c(C)[nH]n(-c2ccccc2)c1=O. The summed E-state index contributed by atoms with van der Waals surface area (Å²) < 4.78 is 3.07. The number of alkyl halides is 2. The van der Waals surface area contributed by atoms with E-state index in [1.807, 2.05) is 98.8 Å². The average Bonchev–Trinajstić information content (AvgIpc) is 3.44. The number of halogens is 2. The highest BCUT2D eigenvalue weighted by Gasteiger charge is 2.31. The van der Waals surface area contributed by atoms with Crippen LogP contribution in [0.15, 0.2) is 94.5 Å². The fourth-order valence-corrected chi connectivity index (χ4v) is 5.65. The van der Waals surface area contributed by atoms with Gasteiger partial charge in [-0.2, -0.15) is 0 Å². The van der Waals surface area contributed by atoms with E-state index < -0.39 is 5.92 Å². The molecule has 206 valence electrons. The van der Waals surface area contributed by atoms with Crippen molar-refractivity contribution in [2.45, 2.75) is 19.8 Å². The van der Waals surface area contributed by atoms with Crippen LogP contribution in [0, 0.1) is 13.8 Å². The number of hydrogen-bond donors (Lipinski definition) is 2. The topological polar surface area (TPSA) is 78.8 Å². The van der Waals surface area contributed by atoms with Crippen LogP contribution in [0.3, 0.4) is 0 Å². The summed E-state index contributed by atoms with van der Waals surface area (Å²) in [6.07, 6.45) is 0. The van der Waals surface area contributed by atoms with E-state index in [0.717, 1.165) is 22.6 Å². The van der Waals surface area contributed by atoms with Gasteiger partial charge >= 0.3 is 0 Å². The number of rotatable bonds is 10. The largest absolute Gasteiger partial charge is 0.369 e. The Balaban J connectivity index is 1.70. The summed E-state index contributed by atoms with van der Waals surface area (Å²) in [6, 6.07) is 26.8. The van der Waals surface area contributed by atoms with Crippen molar-refractivity contribution in [3.05, 3.63) is 134 Å². The fraction of sp³-hybridized carbons (Fsp3) is 0.226. The lowest BCUT2D eigenvalue weighted by molar-refractivity contribution is 0.830. The third-order valence-electron chi connectivity index (χ3n) is 7.14. The Kier molecular flexibility index (Phi) is 8.33. The highest BCUT2D eigenvalue weighted by Crippen LogP contribution is 2.33. The molecule has 0 fully saturated rings. The van der Waals surface area contributed by atoms with E-state index in [9.17, 15) is 9.59 Å². The zero-order chi connectivity index (χ0) is 28.2. The second kappa shape index (κ2) is 12.1. The first-order valence-corrected chi connectivity index (χ1v) is 14.2. The minimum absolute atomic E-state index is 0.199. The maximum atomic E-state index is 14.0. The van der Waals surface area contributed by atoms with Gasteiger partial charge in [0.15, 0.2) is 0 Å². The summed E-state index contributed by atoms with van der Waals surface area (Å²) in [5.41, 5.74) is 5.29. The Morgan fingerprint density at radius 1 is 0.675 bits per heavy atom. The monoisotopic (exact) mass is 575 g/mol. The molecule has 0 aliphatic carbocycles. The molecule has 2 heterocycles. The zero-order valence-corrected chi connectivity index (χ0v) is 23.9. The van der Waals surface area contributed by atoms with E-state index in [1.165, 1.54) is 9.36 Å². The van der Waals surface area contributed by atoms with Gasteiger partial charge in [0.1, 0.15) is 0 Å². The van der Waals surface area contributed by atoms with E-state index >= 15 is 0 Å². The normalized spacial score (nSPS) is 11.3. The third-order valence-corrected chi connectivity index (χ3v) is 7.48. The molecule has 2 aromatic heterocycles. The Morgan fingerprint density at radius 2 is 1.10 bits per heavy atom. The number of aromatic amines is 2. The van der Waals surface area contributed by atoms with Gasteiger partial charge in [-0.15, -0.1) is 23.2 Å². The van der Waals surface area contributed by atoms with Crippen LogP contribution in [0.2, 0.25) is 0 Å². The van der Waals surface area contributed by atoms with Gasteiger partial charge in [-0.1, -0.05) is 48.5 Å². The van der Waals surface area contributed by atoms with Gasteiger partial charge in [0.25, 0.3) is 11.1 Å². The molecule has 0 atom stereocenters. The summed E-state index contributed by atoms with van der Waals surface area (Å²) in [5, 5.41) is 6.47. The molecule has 0 spiro atoms. The Labute approximate surface area is 242 Å². The number of para-hydroxylation sites is 2. The second-order valence-electron chi connectivity index (χ2n) is 9.64. The Hall–Kier alpha value is -3.94. The molecular formula is C31H31Cl2N5O2. The molecule has 0 bridgehead atoms. The van der Waals surface area contributed by atoms with Crippen LogP contribution in [-0.2, 0) is 0 Å². The summed E-state index contributed by atoms with van der Waals surface area (Å²) >= 11 is 12.1. The number of nitrogens with zero attached hydrogens (tertiary/aromatic N) is 3. The minimum atomic E-state index is -0.606. The van der Waals surface area contributed by atoms with Crippen LogP contribution in [0.5, 0.6) is 0 Å². The van der Waals surface area contributed by atoms with Crippen LogP contribution in [0.4, 0.5) is 5.69 Å². The molecule has 7 nitrogen and oxygen atoms in total. The molecule has 40 heavy (non-hydrogen) atoms. The van der Waals surface area contributed by atoms with Crippen LogP contribution >= 0.6 is 23.2 Å². The summed E-state index contributed by atoms with van der Waals surface area (Å²) in [5.74, 6) is 0.348. The highest BCUT2D eigenvalue weighted by atomic mass is 35.5. The number of H-pyrrole nitrogens is 2. The first-order chi connectivity index (χ1) is 19.4. The molecule has 0 aliphatic rings. The molecule has 2 N–H and O–H groups in total.